The van der Waals surface area contributed by atoms with Crippen molar-refractivity contribution >= 4 is 38.9 Å². The van der Waals surface area contributed by atoms with Crippen LogP contribution >= 0.6 is 0 Å². The summed E-state index contributed by atoms with van der Waals surface area (Å²) >= 11 is 0. The molecule has 0 unspecified atom stereocenters. The van der Waals surface area contributed by atoms with Crippen molar-refractivity contribution in [2.45, 2.75) is 90.9 Å². The van der Waals surface area contributed by atoms with Gasteiger partial charge in [0.1, 0.15) is 17.3 Å². The number of hydrogen-bond acceptors (Lipinski definition) is 4. The van der Waals surface area contributed by atoms with Crippen molar-refractivity contribution in [3.63, 3.8) is 0 Å². The second-order valence-electron chi connectivity index (χ2n) is 23.5. The van der Waals surface area contributed by atoms with E-state index in [0.717, 1.165) is 56.5 Å². The van der Waals surface area contributed by atoms with Gasteiger partial charge in [0.05, 0.1) is 23.4 Å². The number of pyridine rings is 1. The molecule has 0 aliphatic carbocycles. The summed E-state index contributed by atoms with van der Waals surface area (Å²) in [4.78, 5) is 9.99. The molecule has 0 spiro atoms. The van der Waals surface area contributed by atoms with Gasteiger partial charge < -0.3 is 14.5 Å². The average Bonchev–Trinajstić information content (AvgIpc) is 4.02. The number of hydrogen-bond donors (Lipinski definition) is 0. The molecule has 3 heterocycles. The van der Waals surface area contributed by atoms with Gasteiger partial charge in [-0.05, 0) is 109 Å². The normalized spacial score (nSPS) is 13.4. The molecule has 1 aliphatic rings. The molecule has 0 fully saturated rings. The SMILES string of the molecule is CC(C)(C)c1cc(-c2ccccc2)cc(N2C=C(c3ccccc3)N(c3cc(Oc4cc(C(C)(C)C)c5c6ccccc6n(-c6cc(C(C)(C)c7ccccc7)ccn6)c5c4)cc(C(C)(C)c4ccccc4)c3)C2)c1. The Balaban J connectivity index is 1.08. The highest BCUT2D eigenvalue weighted by molar-refractivity contribution is 6.11. The molecule has 1 aliphatic heterocycles. The first-order chi connectivity index (χ1) is 35.9. The van der Waals surface area contributed by atoms with Crippen molar-refractivity contribution < 1.29 is 4.74 Å². The van der Waals surface area contributed by atoms with Crippen molar-refractivity contribution in [1.82, 2.24) is 9.55 Å². The van der Waals surface area contributed by atoms with E-state index in [9.17, 15) is 0 Å². The maximum Gasteiger partial charge on any atom is 0.137 e. The zero-order valence-electron chi connectivity index (χ0n) is 45.2. The van der Waals surface area contributed by atoms with Crippen LogP contribution in [0.15, 0.2) is 219 Å². The van der Waals surface area contributed by atoms with Crippen molar-refractivity contribution in [3.05, 3.63) is 258 Å². The van der Waals surface area contributed by atoms with Gasteiger partial charge in [0.2, 0.25) is 0 Å². The maximum absolute atomic E-state index is 7.39. The van der Waals surface area contributed by atoms with Crippen LogP contribution in [0.1, 0.15) is 108 Å². The molecule has 0 saturated heterocycles. The summed E-state index contributed by atoms with van der Waals surface area (Å²) in [5.74, 6) is 2.41. The predicted molar refractivity (Wildman–Crippen MR) is 316 cm³/mol. The number of benzene rings is 8. The molecular weight excluding hydrogens is 913 g/mol. The standard InChI is InChI=1S/C70H68N4O/c1-67(2,3)54-37-50(48-25-15-11-16-26-48)38-56(39-54)72-46-64(49-27-17-12-18-28-49)73(47-72)57-40-55(70(9,10)52-31-21-14-22-32-52)41-58(43-57)75-59-44-61(68(4,5)6)66-60-33-23-24-34-62(60)74(63(66)45-59)65-42-53(35-36-71-65)69(7,8)51-29-19-13-20-30-51/h11-46H,47H2,1-10H3. The fourth-order valence-electron chi connectivity index (χ4n) is 10.9. The zero-order valence-corrected chi connectivity index (χ0v) is 45.2. The number of fused-ring (bicyclic) bond motifs is 3. The van der Waals surface area contributed by atoms with Crippen LogP contribution in [0.2, 0.25) is 0 Å². The second-order valence-corrected chi connectivity index (χ2v) is 23.5. The number of anilines is 2. The molecular formula is C70H68N4O. The monoisotopic (exact) mass is 981 g/mol. The lowest BCUT2D eigenvalue weighted by molar-refractivity contribution is 0.477. The van der Waals surface area contributed by atoms with Crippen molar-refractivity contribution in [1.29, 1.82) is 0 Å². The molecule has 10 aromatic rings. The van der Waals surface area contributed by atoms with Gasteiger partial charge in [-0.1, -0.05) is 215 Å². The van der Waals surface area contributed by atoms with Crippen LogP contribution in [0, 0.1) is 0 Å². The predicted octanol–water partition coefficient (Wildman–Crippen LogP) is 18.2. The van der Waals surface area contributed by atoms with E-state index < -0.39 is 0 Å². The van der Waals surface area contributed by atoms with E-state index in [4.69, 9.17) is 9.72 Å². The second kappa shape index (κ2) is 19.0. The van der Waals surface area contributed by atoms with Gasteiger partial charge in [0.15, 0.2) is 0 Å². The quantitative estimate of drug-likeness (QED) is 0.129. The van der Waals surface area contributed by atoms with E-state index in [0.29, 0.717) is 6.67 Å². The van der Waals surface area contributed by atoms with Crippen LogP contribution in [0.4, 0.5) is 11.4 Å². The van der Waals surface area contributed by atoms with Gasteiger partial charge in [-0.3, -0.25) is 4.57 Å². The molecule has 0 atom stereocenters. The number of para-hydroxylation sites is 1. The lowest BCUT2D eigenvalue weighted by Crippen LogP contribution is -2.27. The van der Waals surface area contributed by atoms with Crippen LogP contribution in [-0.4, -0.2) is 16.2 Å². The van der Waals surface area contributed by atoms with Gasteiger partial charge in [-0.15, -0.1) is 0 Å². The molecule has 374 valence electrons. The van der Waals surface area contributed by atoms with Crippen LogP contribution in [0.5, 0.6) is 11.5 Å². The summed E-state index contributed by atoms with van der Waals surface area (Å²) in [7, 11) is 0. The maximum atomic E-state index is 7.39. The minimum absolute atomic E-state index is 0.0570. The number of nitrogens with zero attached hydrogens (tertiary/aromatic N) is 4. The average molecular weight is 981 g/mol. The Morgan fingerprint density at radius 1 is 0.427 bits per heavy atom. The van der Waals surface area contributed by atoms with Crippen molar-refractivity contribution in [2.24, 2.45) is 0 Å². The van der Waals surface area contributed by atoms with Gasteiger partial charge in [-0.25, -0.2) is 4.98 Å². The zero-order chi connectivity index (χ0) is 52.3. The largest absolute Gasteiger partial charge is 0.457 e. The highest BCUT2D eigenvalue weighted by Crippen LogP contribution is 2.46. The van der Waals surface area contributed by atoms with E-state index in [-0.39, 0.29) is 21.7 Å². The number of aromatic nitrogens is 2. The molecule has 0 bridgehead atoms. The van der Waals surface area contributed by atoms with Crippen LogP contribution in [-0.2, 0) is 21.7 Å². The molecule has 0 saturated carbocycles. The first-order valence-electron chi connectivity index (χ1n) is 26.4. The lowest BCUT2D eigenvalue weighted by atomic mass is 9.78. The van der Waals surface area contributed by atoms with E-state index in [1.54, 1.807) is 0 Å². The van der Waals surface area contributed by atoms with Gasteiger partial charge >= 0.3 is 0 Å². The van der Waals surface area contributed by atoms with E-state index >= 15 is 0 Å². The lowest BCUT2D eigenvalue weighted by Gasteiger charge is -2.30. The fraction of sp³-hybridized carbons (Fsp3) is 0.214. The summed E-state index contributed by atoms with van der Waals surface area (Å²) in [5.41, 5.74) is 15.5. The van der Waals surface area contributed by atoms with E-state index in [1.807, 2.05) is 6.20 Å². The van der Waals surface area contributed by atoms with E-state index in [1.165, 1.54) is 49.7 Å². The van der Waals surface area contributed by atoms with Gasteiger partial charge in [0, 0.05) is 57.5 Å². The first kappa shape index (κ1) is 49.1. The summed E-state index contributed by atoms with van der Waals surface area (Å²) in [6.07, 6.45) is 4.29. The summed E-state index contributed by atoms with van der Waals surface area (Å²) in [5, 5.41) is 2.40. The topological polar surface area (TPSA) is 33.5 Å². The van der Waals surface area contributed by atoms with Crippen LogP contribution in [0.25, 0.3) is 44.4 Å². The molecule has 75 heavy (non-hydrogen) atoms. The third-order valence-electron chi connectivity index (χ3n) is 15.6. The summed E-state index contributed by atoms with van der Waals surface area (Å²) < 4.78 is 9.73. The molecule has 0 amide bonds. The van der Waals surface area contributed by atoms with Gasteiger partial charge in [-0.2, -0.15) is 0 Å². The smallest absolute Gasteiger partial charge is 0.137 e. The Labute approximate surface area is 444 Å². The summed E-state index contributed by atoms with van der Waals surface area (Å²) in [6.45, 7) is 23.6. The van der Waals surface area contributed by atoms with Crippen molar-refractivity contribution in [2.75, 3.05) is 16.5 Å². The molecule has 11 rings (SSSR count). The summed E-state index contributed by atoms with van der Waals surface area (Å²) in [6, 6.07) is 74.7. The minimum atomic E-state index is -0.367. The number of ether oxygens (including phenoxy) is 1. The molecule has 0 radical (unpaired) electrons. The molecule has 5 nitrogen and oxygen atoms in total. The third-order valence-corrected chi connectivity index (χ3v) is 15.6. The Hall–Kier alpha value is -8.15. The minimum Gasteiger partial charge on any atom is -0.457 e. The Bertz CT molecular complexity index is 3730. The highest BCUT2D eigenvalue weighted by Gasteiger charge is 2.32. The third kappa shape index (κ3) is 9.42. The molecule has 2 aromatic heterocycles. The molecule has 0 N–H and O–H groups in total. The van der Waals surface area contributed by atoms with Crippen LogP contribution < -0.4 is 14.5 Å². The van der Waals surface area contributed by atoms with Gasteiger partial charge in [0.25, 0.3) is 0 Å². The van der Waals surface area contributed by atoms with Crippen molar-refractivity contribution in [3.8, 4) is 28.4 Å². The Kier molecular flexibility index (Phi) is 12.4. The Morgan fingerprint density at radius 3 is 1.64 bits per heavy atom. The highest BCUT2D eigenvalue weighted by atomic mass is 16.5. The number of rotatable bonds is 11. The fourth-order valence-corrected chi connectivity index (χ4v) is 10.9. The van der Waals surface area contributed by atoms with E-state index in [2.05, 4.69) is 296 Å². The molecule has 8 aromatic carbocycles. The molecule has 5 heteroatoms. The van der Waals surface area contributed by atoms with Crippen LogP contribution in [0.3, 0.4) is 0 Å². The Morgan fingerprint density at radius 2 is 1.00 bits per heavy atom. The first-order valence-corrected chi connectivity index (χ1v) is 26.4.